The zero-order chi connectivity index (χ0) is 16.9. The van der Waals surface area contributed by atoms with Crippen molar-refractivity contribution < 1.29 is 13.9 Å². The number of benzene rings is 2. The van der Waals surface area contributed by atoms with Crippen molar-refractivity contribution in [3.8, 4) is 5.75 Å². The van der Waals surface area contributed by atoms with E-state index < -0.39 is 5.82 Å². The number of nitrogens with zero attached hydrogens (tertiary/aromatic N) is 1. The Morgan fingerprint density at radius 3 is 2.92 bits per heavy atom. The molecule has 0 bridgehead atoms. The van der Waals surface area contributed by atoms with Crippen LogP contribution in [0.1, 0.15) is 16.1 Å². The van der Waals surface area contributed by atoms with Crippen molar-refractivity contribution in [1.29, 1.82) is 0 Å². The Hall–Kier alpha value is -2.44. The van der Waals surface area contributed by atoms with E-state index in [1.165, 1.54) is 23.5 Å². The molecule has 3 aromatic rings. The van der Waals surface area contributed by atoms with Gasteiger partial charge in [0.15, 0.2) is 0 Å². The van der Waals surface area contributed by atoms with E-state index >= 15 is 0 Å². The average Bonchev–Trinajstić information content (AvgIpc) is 3.09. The molecule has 0 radical (unpaired) electrons. The second kappa shape index (κ2) is 7.42. The van der Waals surface area contributed by atoms with Crippen LogP contribution in [-0.4, -0.2) is 10.9 Å². The molecule has 0 fully saturated rings. The number of carbonyl (C=O) groups excluding carboxylic acids is 1. The molecule has 24 heavy (non-hydrogen) atoms. The Kier molecular flexibility index (Phi) is 5.08. The molecular formula is C17H12ClFN2O2S. The highest BCUT2D eigenvalue weighted by Crippen LogP contribution is 2.23. The van der Waals surface area contributed by atoms with Gasteiger partial charge in [0.2, 0.25) is 0 Å². The summed E-state index contributed by atoms with van der Waals surface area (Å²) in [5, 5.41) is 4.68. The van der Waals surface area contributed by atoms with Crippen LogP contribution in [0.4, 0.5) is 10.1 Å². The van der Waals surface area contributed by atoms with Gasteiger partial charge in [0.25, 0.3) is 5.91 Å². The summed E-state index contributed by atoms with van der Waals surface area (Å²) in [6.45, 7) is 0.332. The molecule has 3 rings (SSSR count). The number of carbonyl (C=O) groups is 1. The molecular weight excluding hydrogens is 351 g/mol. The van der Waals surface area contributed by atoms with Crippen molar-refractivity contribution >= 4 is 34.5 Å². The lowest BCUT2D eigenvalue weighted by Crippen LogP contribution is -2.12. The first kappa shape index (κ1) is 16.4. The predicted molar refractivity (Wildman–Crippen MR) is 92.3 cm³/mol. The topological polar surface area (TPSA) is 51.2 Å². The predicted octanol–water partition coefficient (Wildman–Crippen LogP) is 4.77. The van der Waals surface area contributed by atoms with Gasteiger partial charge in [0, 0.05) is 10.9 Å². The Morgan fingerprint density at radius 2 is 2.17 bits per heavy atom. The second-order valence-electron chi connectivity index (χ2n) is 4.87. The number of halogens is 2. The second-order valence-corrected chi connectivity index (χ2v) is 6.00. The maximum atomic E-state index is 13.0. The molecule has 122 valence electrons. The lowest BCUT2D eigenvalue weighted by molar-refractivity contribution is 0.102. The van der Waals surface area contributed by atoms with E-state index in [2.05, 4.69) is 10.3 Å². The quantitative estimate of drug-likeness (QED) is 0.711. The average molecular weight is 363 g/mol. The number of nitrogens with one attached hydrogen (secondary N) is 1. The Morgan fingerprint density at radius 1 is 1.29 bits per heavy atom. The molecule has 0 spiro atoms. The van der Waals surface area contributed by atoms with E-state index in [9.17, 15) is 9.18 Å². The van der Waals surface area contributed by atoms with Crippen molar-refractivity contribution in [2.45, 2.75) is 6.61 Å². The number of aromatic nitrogens is 1. The van der Waals surface area contributed by atoms with E-state index in [1.54, 1.807) is 29.8 Å². The summed E-state index contributed by atoms with van der Waals surface area (Å²) >= 11 is 7.41. The highest BCUT2D eigenvalue weighted by atomic mass is 35.5. The van der Waals surface area contributed by atoms with Crippen LogP contribution in [0.3, 0.4) is 0 Å². The first-order valence-electron chi connectivity index (χ1n) is 6.98. The van der Waals surface area contributed by atoms with Gasteiger partial charge in [-0.25, -0.2) is 9.37 Å². The fraction of sp³-hybridized carbons (Fsp3) is 0.0588. The SMILES string of the molecule is O=C(Nc1ccc(F)cc1Cl)c1cccc(OCc2cscn2)c1. The summed E-state index contributed by atoms with van der Waals surface area (Å²) in [4.78, 5) is 16.4. The summed E-state index contributed by atoms with van der Waals surface area (Å²) in [5.41, 5.74) is 3.31. The van der Waals surface area contributed by atoms with Gasteiger partial charge < -0.3 is 10.1 Å². The number of ether oxygens (including phenoxy) is 1. The molecule has 0 atom stereocenters. The van der Waals surface area contributed by atoms with Gasteiger partial charge in [-0.05, 0) is 36.4 Å². The lowest BCUT2D eigenvalue weighted by atomic mass is 10.2. The van der Waals surface area contributed by atoms with Gasteiger partial charge in [0.05, 0.1) is 21.9 Å². The number of anilines is 1. The van der Waals surface area contributed by atoms with Crippen molar-refractivity contribution in [3.63, 3.8) is 0 Å². The Balaban J connectivity index is 1.69. The maximum absolute atomic E-state index is 13.0. The number of rotatable bonds is 5. The van der Waals surface area contributed by atoms with Crippen LogP contribution in [-0.2, 0) is 6.61 Å². The molecule has 7 heteroatoms. The summed E-state index contributed by atoms with van der Waals surface area (Å²) in [6.07, 6.45) is 0. The molecule has 0 saturated heterocycles. The molecule has 1 N–H and O–H groups in total. The molecule has 0 saturated carbocycles. The largest absolute Gasteiger partial charge is 0.487 e. The molecule has 1 heterocycles. The zero-order valence-corrected chi connectivity index (χ0v) is 13.9. The maximum Gasteiger partial charge on any atom is 0.255 e. The minimum atomic E-state index is -0.463. The number of thiazole rings is 1. The van der Waals surface area contributed by atoms with Crippen LogP contribution in [0, 0.1) is 5.82 Å². The smallest absolute Gasteiger partial charge is 0.255 e. The van der Waals surface area contributed by atoms with Crippen molar-refractivity contribution in [1.82, 2.24) is 4.98 Å². The van der Waals surface area contributed by atoms with Crippen LogP contribution >= 0.6 is 22.9 Å². The van der Waals surface area contributed by atoms with Gasteiger partial charge in [-0.2, -0.15) is 0 Å². The number of amides is 1. The van der Waals surface area contributed by atoms with Gasteiger partial charge in [0.1, 0.15) is 18.2 Å². The van der Waals surface area contributed by atoms with Crippen LogP contribution in [0.2, 0.25) is 5.02 Å². The standard InChI is InChI=1S/C17H12ClFN2O2S/c18-15-7-12(19)4-5-16(15)21-17(22)11-2-1-3-14(6-11)23-8-13-9-24-10-20-13/h1-7,9-10H,8H2,(H,21,22). The van der Waals surface area contributed by atoms with Crippen LogP contribution in [0.25, 0.3) is 0 Å². The van der Waals surface area contributed by atoms with Crippen LogP contribution < -0.4 is 10.1 Å². The van der Waals surface area contributed by atoms with E-state index in [4.69, 9.17) is 16.3 Å². The Labute approximate surface area is 146 Å². The first-order chi connectivity index (χ1) is 11.6. The summed E-state index contributed by atoms with van der Waals surface area (Å²) < 4.78 is 18.7. The van der Waals surface area contributed by atoms with E-state index in [1.807, 2.05) is 5.38 Å². The summed E-state index contributed by atoms with van der Waals surface area (Å²) in [7, 11) is 0. The summed E-state index contributed by atoms with van der Waals surface area (Å²) in [6, 6.07) is 10.5. The van der Waals surface area contributed by atoms with Crippen LogP contribution in [0.15, 0.2) is 53.4 Å². The molecule has 4 nitrogen and oxygen atoms in total. The first-order valence-corrected chi connectivity index (χ1v) is 8.30. The van der Waals surface area contributed by atoms with Gasteiger partial charge >= 0.3 is 0 Å². The molecule has 1 aromatic heterocycles. The summed E-state index contributed by atoms with van der Waals surface area (Å²) in [5.74, 6) is -0.265. The molecule has 1 amide bonds. The third-order valence-corrected chi connectivity index (χ3v) is 4.09. The molecule has 2 aromatic carbocycles. The van der Waals surface area contributed by atoms with E-state index in [0.717, 1.165) is 11.8 Å². The lowest BCUT2D eigenvalue weighted by Gasteiger charge is -2.09. The number of hydrogen-bond acceptors (Lipinski definition) is 4. The van der Waals surface area contributed by atoms with Gasteiger partial charge in [-0.15, -0.1) is 11.3 Å². The van der Waals surface area contributed by atoms with E-state index in [-0.39, 0.29) is 10.9 Å². The monoisotopic (exact) mass is 362 g/mol. The minimum absolute atomic E-state index is 0.138. The fourth-order valence-corrected chi connectivity index (χ4v) is 2.74. The highest BCUT2D eigenvalue weighted by Gasteiger charge is 2.10. The molecule has 0 aliphatic rings. The van der Waals surface area contributed by atoms with Gasteiger partial charge in [-0.3, -0.25) is 4.79 Å². The Bertz CT molecular complexity index is 856. The fourth-order valence-electron chi connectivity index (χ4n) is 1.98. The normalized spacial score (nSPS) is 10.4. The minimum Gasteiger partial charge on any atom is -0.487 e. The zero-order valence-electron chi connectivity index (χ0n) is 12.3. The van der Waals surface area contributed by atoms with Crippen molar-refractivity contribution in [2.24, 2.45) is 0 Å². The van der Waals surface area contributed by atoms with Crippen molar-refractivity contribution in [3.05, 3.63) is 75.5 Å². The number of hydrogen-bond donors (Lipinski definition) is 1. The van der Waals surface area contributed by atoms with Gasteiger partial charge in [-0.1, -0.05) is 17.7 Å². The third kappa shape index (κ3) is 4.10. The molecule has 0 aliphatic heterocycles. The molecule has 0 unspecified atom stereocenters. The van der Waals surface area contributed by atoms with E-state index in [0.29, 0.717) is 23.6 Å². The highest BCUT2D eigenvalue weighted by molar-refractivity contribution is 7.07. The molecule has 0 aliphatic carbocycles. The van der Waals surface area contributed by atoms with Crippen molar-refractivity contribution in [2.75, 3.05) is 5.32 Å². The van der Waals surface area contributed by atoms with Crippen LogP contribution in [0.5, 0.6) is 5.75 Å². The third-order valence-electron chi connectivity index (χ3n) is 3.15.